The van der Waals surface area contributed by atoms with Crippen LogP contribution in [0.4, 0.5) is 26.3 Å². The summed E-state index contributed by atoms with van der Waals surface area (Å²) in [6, 6.07) is 4.36. The van der Waals surface area contributed by atoms with Crippen molar-refractivity contribution in [3.05, 3.63) is 34.9 Å². The number of alkyl halides is 6. The van der Waals surface area contributed by atoms with Crippen molar-refractivity contribution >= 4 is 41.5 Å². The van der Waals surface area contributed by atoms with Gasteiger partial charge in [0, 0.05) is 50.1 Å². The first kappa shape index (κ1) is 38.4. The summed E-state index contributed by atoms with van der Waals surface area (Å²) in [5.74, 6) is -1.80. The molecule has 5 rings (SSSR count). The van der Waals surface area contributed by atoms with Crippen molar-refractivity contribution in [2.45, 2.75) is 50.1 Å². The van der Waals surface area contributed by atoms with E-state index in [1.54, 1.807) is 18.2 Å². The molecule has 4 N–H and O–H groups in total. The normalized spacial score (nSPS) is 20.4. The van der Waals surface area contributed by atoms with Crippen LogP contribution >= 0.6 is 0 Å². The second kappa shape index (κ2) is 15.5. The number of aliphatic carboxylic acids is 3. The van der Waals surface area contributed by atoms with Crippen molar-refractivity contribution < 1.29 is 75.2 Å². The third-order valence-corrected chi connectivity index (χ3v) is 7.69. The minimum absolute atomic E-state index is 0.0837. The van der Waals surface area contributed by atoms with Gasteiger partial charge in [0.1, 0.15) is 6.04 Å². The van der Waals surface area contributed by atoms with Crippen LogP contribution in [0.25, 0.3) is 0 Å². The number of carbonyl (C=O) groups is 7. The van der Waals surface area contributed by atoms with Crippen molar-refractivity contribution in [1.29, 1.82) is 0 Å². The van der Waals surface area contributed by atoms with Gasteiger partial charge in [0.05, 0.1) is 17.7 Å². The van der Waals surface area contributed by atoms with E-state index in [0.29, 0.717) is 11.6 Å². The summed E-state index contributed by atoms with van der Waals surface area (Å²) in [5.41, 5.74) is 1.11. The molecule has 0 aromatic heterocycles. The number of piperidine rings is 2. The molecule has 4 heterocycles. The highest BCUT2D eigenvalue weighted by atomic mass is 19.4. The molecule has 3 saturated heterocycles. The molecule has 4 amide bonds. The molecule has 266 valence electrons. The summed E-state index contributed by atoms with van der Waals surface area (Å²) in [5, 5.41) is 25.4. The topological polar surface area (TPSA) is 202 Å². The van der Waals surface area contributed by atoms with Crippen LogP contribution in [-0.2, 0) is 24.0 Å². The van der Waals surface area contributed by atoms with Crippen molar-refractivity contribution in [2.24, 2.45) is 5.92 Å². The number of hydrogen-bond donors (Lipinski definition) is 4. The average molecular weight is 707 g/mol. The Bertz CT molecular complexity index is 1550. The molecule has 49 heavy (non-hydrogen) atoms. The van der Waals surface area contributed by atoms with Crippen LogP contribution in [0, 0.1) is 17.8 Å². The summed E-state index contributed by atoms with van der Waals surface area (Å²) >= 11 is 0. The Morgan fingerprint density at radius 3 is 1.86 bits per heavy atom. The van der Waals surface area contributed by atoms with E-state index in [-0.39, 0.29) is 36.4 Å². The van der Waals surface area contributed by atoms with Gasteiger partial charge in [0.25, 0.3) is 11.8 Å². The third kappa shape index (κ3) is 10.2. The fourth-order valence-electron chi connectivity index (χ4n) is 5.27. The molecule has 0 saturated carbocycles. The van der Waals surface area contributed by atoms with E-state index in [1.807, 2.05) is 4.90 Å². The van der Waals surface area contributed by atoms with Gasteiger partial charge in [-0.15, -0.1) is 0 Å². The largest absolute Gasteiger partial charge is 0.490 e. The number of likely N-dealkylation sites (tertiary alicyclic amines) is 2. The number of hydrogen-bond acceptors (Lipinski definition) is 9. The van der Waals surface area contributed by atoms with E-state index in [0.717, 1.165) is 43.9 Å². The van der Waals surface area contributed by atoms with Gasteiger partial charge >= 0.3 is 30.3 Å². The quantitative estimate of drug-likeness (QED) is 0.198. The molecule has 1 aromatic carbocycles. The van der Waals surface area contributed by atoms with Crippen LogP contribution in [-0.4, -0.2) is 129 Å². The van der Waals surface area contributed by atoms with E-state index in [4.69, 9.17) is 24.9 Å². The van der Waals surface area contributed by atoms with E-state index in [1.165, 1.54) is 0 Å². The Labute approximate surface area is 272 Å². The highest BCUT2D eigenvalue weighted by Crippen LogP contribution is 2.29. The van der Waals surface area contributed by atoms with Crippen molar-refractivity contribution in [1.82, 2.24) is 20.0 Å². The Kier molecular flexibility index (Phi) is 12.1. The van der Waals surface area contributed by atoms with E-state index < -0.39 is 59.9 Å². The number of imide groups is 2. The molecule has 1 atom stereocenters. The zero-order valence-corrected chi connectivity index (χ0v) is 25.1. The third-order valence-electron chi connectivity index (χ3n) is 7.69. The summed E-state index contributed by atoms with van der Waals surface area (Å²) in [4.78, 5) is 83.3. The first-order valence-corrected chi connectivity index (χ1v) is 14.3. The van der Waals surface area contributed by atoms with Crippen LogP contribution < -0.4 is 5.32 Å². The number of carboxylic acid groups (broad SMARTS) is 3. The second-order valence-electron chi connectivity index (χ2n) is 11.1. The van der Waals surface area contributed by atoms with Gasteiger partial charge in [-0.1, -0.05) is 11.8 Å². The Balaban J connectivity index is 0.000000392. The van der Waals surface area contributed by atoms with Crippen LogP contribution in [0.1, 0.15) is 52.0 Å². The minimum atomic E-state index is -5.08. The van der Waals surface area contributed by atoms with Crippen LogP contribution in [0.5, 0.6) is 0 Å². The number of carbonyl (C=O) groups excluding carboxylic acids is 4. The zero-order valence-electron chi connectivity index (χ0n) is 25.1. The molecule has 3 fully saturated rings. The lowest BCUT2D eigenvalue weighted by molar-refractivity contribution is -0.193. The predicted octanol–water partition coefficient (Wildman–Crippen LogP) is 1.19. The minimum Gasteiger partial charge on any atom is -0.480 e. The van der Waals surface area contributed by atoms with E-state index in [2.05, 4.69) is 22.1 Å². The molecular weight excluding hydrogens is 678 g/mol. The highest BCUT2D eigenvalue weighted by molar-refractivity contribution is 6.23. The molecular formula is C29H28F6N4O10. The van der Waals surface area contributed by atoms with E-state index in [9.17, 15) is 50.3 Å². The number of rotatable bonds is 4. The van der Waals surface area contributed by atoms with Gasteiger partial charge in [-0.3, -0.25) is 44.0 Å². The van der Waals surface area contributed by atoms with Crippen LogP contribution in [0.2, 0.25) is 0 Å². The monoisotopic (exact) mass is 706 g/mol. The second-order valence-corrected chi connectivity index (χ2v) is 11.1. The number of amides is 4. The van der Waals surface area contributed by atoms with Crippen LogP contribution in [0.15, 0.2) is 18.2 Å². The fraction of sp³-hybridized carbons (Fsp3) is 0.483. The average Bonchev–Trinajstić information content (AvgIpc) is 3.21. The molecule has 0 spiro atoms. The molecule has 1 unspecified atom stereocenters. The van der Waals surface area contributed by atoms with Gasteiger partial charge in [-0.2, -0.15) is 26.3 Å². The molecule has 14 nitrogen and oxygen atoms in total. The first-order valence-electron chi connectivity index (χ1n) is 14.3. The molecule has 0 aliphatic carbocycles. The number of halogens is 6. The molecule has 4 aliphatic rings. The fourth-order valence-corrected chi connectivity index (χ4v) is 5.27. The smallest absolute Gasteiger partial charge is 0.480 e. The van der Waals surface area contributed by atoms with Crippen LogP contribution in [0.3, 0.4) is 0 Å². The molecule has 1 aromatic rings. The number of nitrogens with zero attached hydrogens (tertiary/aromatic N) is 3. The molecule has 0 radical (unpaired) electrons. The van der Waals surface area contributed by atoms with Crippen molar-refractivity contribution in [3.63, 3.8) is 0 Å². The maximum Gasteiger partial charge on any atom is 0.490 e. The van der Waals surface area contributed by atoms with Crippen molar-refractivity contribution in [3.8, 4) is 11.8 Å². The zero-order chi connectivity index (χ0) is 36.8. The summed E-state index contributed by atoms with van der Waals surface area (Å²) in [7, 11) is 0. The van der Waals surface area contributed by atoms with Gasteiger partial charge in [-0.25, -0.2) is 9.59 Å². The summed E-state index contributed by atoms with van der Waals surface area (Å²) in [6.07, 6.45) is -8.05. The molecule has 0 bridgehead atoms. The highest BCUT2D eigenvalue weighted by Gasteiger charge is 2.45. The predicted molar refractivity (Wildman–Crippen MR) is 150 cm³/mol. The summed E-state index contributed by atoms with van der Waals surface area (Å²) in [6.45, 7) is 3.41. The number of fused-ring (bicyclic) bond motifs is 1. The number of nitrogens with one attached hydrogen (secondary N) is 1. The lowest BCUT2D eigenvalue weighted by Crippen LogP contribution is -2.55. The lowest BCUT2D eigenvalue weighted by Gasteiger charge is -2.45. The molecule has 20 heteroatoms. The van der Waals surface area contributed by atoms with Gasteiger partial charge in [0.2, 0.25) is 11.8 Å². The van der Waals surface area contributed by atoms with Gasteiger partial charge in [-0.05, 0) is 37.5 Å². The number of benzene rings is 1. The maximum atomic E-state index is 12.9. The number of carboxylic acids is 3. The van der Waals surface area contributed by atoms with Gasteiger partial charge in [0.15, 0.2) is 0 Å². The Morgan fingerprint density at radius 1 is 0.837 bits per heavy atom. The SMILES string of the molecule is O=C(O)C(F)(F)F.O=C(O)C(F)(F)F.O=C(O)CN1CCC(N2CC(C#Cc3ccc4c(c3)C(=O)N(C3CCC(=O)NC3=O)C4=O)C2)CC1. The van der Waals surface area contributed by atoms with E-state index >= 15 is 0 Å². The standard InChI is InChI=1S/C25H26N4O6.2C2HF3O2/c30-21-6-5-20(23(33)26-21)29-24(34)18-4-3-15(11-19(18)25(29)35)1-2-16-12-28(13-16)17-7-9-27(10-8-17)14-22(31)32;2*3-2(4,5)1(6)7/h3-4,11,16-17,20H,5-10,12-14H2,(H,31,32)(H,26,30,33);2*(H,6,7). The molecule has 4 aliphatic heterocycles. The maximum absolute atomic E-state index is 12.9. The lowest BCUT2D eigenvalue weighted by atomic mass is 9.93. The Morgan fingerprint density at radius 2 is 1.37 bits per heavy atom. The Hall–Kier alpha value is -5.03. The first-order chi connectivity index (χ1) is 22.7. The van der Waals surface area contributed by atoms with Gasteiger partial charge < -0.3 is 15.3 Å². The summed E-state index contributed by atoms with van der Waals surface area (Å²) < 4.78 is 63.5. The van der Waals surface area contributed by atoms with Crippen molar-refractivity contribution in [2.75, 3.05) is 32.7 Å².